The molecule has 0 aliphatic carbocycles. The third kappa shape index (κ3) is 5.50. The predicted molar refractivity (Wildman–Crippen MR) is 167 cm³/mol. The molecule has 5 aromatic rings. The maximum atomic E-state index is 13.3. The Morgan fingerprint density at radius 2 is 1.83 bits per heavy atom. The molecule has 210 valence electrons. The van der Waals surface area contributed by atoms with Crippen molar-refractivity contribution in [2.45, 2.75) is 0 Å². The SMILES string of the molecule is COc1cc(C=NNC(=O)c2[nH]c3ccc(I)cc3c2-c2ccccc2Cl)ccc1OC(=O)c1ccc2c(c1)OCO2. The molecule has 0 atom stereocenters. The fraction of sp³-hybridized carbons (Fsp3) is 0.0645. The average Bonchev–Trinajstić information content (AvgIpc) is 3.62. The van der Waals surface area contributed by atoms with Gasteiger partial charge in [-0.1, -0.05) is 29.8 Å². The average molecular weight is 694 g/mol. The minimum absolute atomic E-state index is 0.106. The predicted octanol–water partition coefficient (Wildman–Crippen LogP) is 6.81. The van der Waals surface area contributed by atoms with Crippen LogP contribution in [-0.4, -0.2) is 37.0 Å². The highest BCUT2D eigenvalue weighted by Gasteiger charge is 2.21. The van der Waals surface area contributed by atoms with Crippen molar-refractivity contribution in [3.63, 3.8) is 0 Å². The van der Waals surface area contributed by atoms with E-state index >= 15 is 0 Å². The Labute approximate surface area is 258 Å². The fourth-order valence-corrected chi connectivity index (χ4v) is 5.25. The molecule has 9 nitrogen and oxygen atoms in total. The number of fused-ring (bicyclic) bond motifs is 2. The van der Waals surface area contributed by atoms with Crippen LogP contribution in [0.3, 0.4) is 0 Å². The molecular formula is C31H21ClIN3O6. The van der Waals surface area contributed by atoms with E-state index in [1.54, 1.807) is 42.5 Å². The summed E-state index contributed by atoms with van der Waals surface area (Å²) < 4.78 is 22.6. The summed E-state index contributed by atoms with van der Waals surface area (Å²) in [6.45, 7) is 0.106. The van der Waals surface area contributed by atoms with E-state index in [4.69, 9.17) is 30.5 Å². The van der Waals surface area contributed by atoms with Gasteiger partial charge in [-0.05, 0) is 88.8 Å². The second kappa shape index (κ2) is 11.7. The van der Waals surface area contributed by atoms with Crippen LogP contribution in [0.5, 0.6) is 23.0 Å². The maximum Gasteiger partial charge on any atom is 0.343 e. The van der Waals surface area contributed by atoms with Crippen LogP contribution < -0.4 is 24.4 Å². The number of nitrogens with zero attached hydrogens (tertiary/aromatic N) is 1. The monoisotopic (exact) mass is 693 g/mol. The van der Waals surface area contributed by atoms with E-state index in [9.17, 15) is 9.59 Å². The molecule has 0 spiro atoms. The number of halogens is 2. The van der Waals surface area contributed by atoms with E-state index in [1.807, 2.05) is 36.4 Å². The molecule has 1 aliphatic heterocycles. The number of rotatable bonds is 7. The van der Waals surface area contributed by atoms with E-state index in [0.717, 1.165) is 20.0 Å². The lowest BCUT2D eigenvalue weighted by Crippen LogP contribution is -2.19. The van der Waals surface area contributed by atoms with Crippen molar-refractivity contribution in [2.75, 3.05) is 13.9 Å². The molecule has 1 aromatic heterocycles. The number of aromatic nitrogens is 1. The van der Waals surface area contributed by atoms with Crippen molar-refractivity contribution >= 4 is 63.2 Å². The first-order chi connectivity index (χ1) is 20.4. The summed E-state index contributed by atoms with van der Waals surface area (Å²) in [7, 11) is 1.46. The maximum absolute atomic E-state index is 13.3. The van der Waals surface area contributed by atoms with Crippen LogP contribution in [0.15, 0.2) is 84.0 Å². The van der Waals surface area contributed by atoms with Gasteiger partial charge in [0.15, 0.2) is 23.0 Å². The number of amides is 1. The van der Waals surface area contributed by atoms with Crippen LogP contribution >= 0.6 is 34.2 Å². The van der Waals surface area contributed by atoms with Crippen LogP contribution in [-0.2, 0) is 0 Å². The minimum Gasteiger partial charge on any atom is -0.493 e. The number of aromatic amines is 1. The van der Waals surface area contributed by atoms with E-state index in [0.29, 0.717) is 44.7 Å². The van der Waals surface area contributed by atoms with Crippen LogP contribution in [0.1, 0.15) is 26.4 Å². The number of nitrogens with one attached hydrogen (secondary N) is 2. The smallest absolute Gasteiger partial charge is 0.343 e. The zero-order chi connectivity index (χ0) is 29.2. The summed E-state index contributed by atoms with van der Waals surface area (Å²) in [6, 6.07) is 23.0. The second-order valence-corrected chi connectivity index (χ2v) is 10.8. The van der Waals surface area contributed by atoms with Gasteiger partial charge >= 0.3 is 5.97 Å². The molecule has 0 fully saturated rings. The van der Waals surface area contributed by atoms with Crippen LogP contribution in [0.25, 0.3) is 22.0 Å². The highest BCUT2D eigenvalue weighted by molar-refractivity contribution is 14.1. The molecule has 0 saturated carbocycles. The third-order valence-corrected chi connectivity index (χ3v) is 7.51. The lowest BCUT2D eigenvalue weighted by Gasteiger charge is -2.10. The second-order valence-electron chi connectivity index (χ2n) is 9.11. The van der Waals surface area contributed by atoms with Crippen molar-refractivity contribution in [3.05, 3.63) is 104 Å². The number of hydrogen-bond acceptors (Lipinski definition) is 7. The van der Waals surface area contributed by atoms with E-state index < -0.39 is 11.9 Å². The molecule has 0 radical (unpaired) electrons. The molecule has 0 saturated heterocycles. The summed E-state index contributed by atoms with van der Waals surface area (Å²) >= 11 is 8.75. The number of carbonyl (C=O) groups is 2. The first kappa shape index (κ1) is 27.6. The van der Waals surface area contributed by atoms with Gasteiger partial charge in [0, 0.05) is 30.6 Å². The standard InChI is InChI=1S/C31H21ClIN3O6/c1-39-26-12-17(6-10-25(26)42-31(38)18-7-11-24-27(13-18)41-16-40-24)15-34-36-30(37)29-28(20-4-2-3-5-22(20)32)21-14-19(33)8-9-23(21)35-29/h2-15,35H,16H2,1H3,(H,36,37). The Hall–Kier alpha value is -4.55. The van der Waals surface area contributed by atoms with Crippen molar-refractivity contribution < 1.29 is 28.5 Å². The van der Waals surface area contributed by atoms with Crippen molar-refractivity contribution in [3.8, 4) is 34.1 Å². The Kier molecular flexibility index (Phi) is 7.72. The zero-order valence-electron chi connectivity index (χ0n) is 21.9. The van der Waals surface area contributed by atoms with Crippen LogP contribution in [0, 0.1) is 3.57 Å². The molecule has 0 bridgehead atoms. The number of hydrogen-bond donors (Lipinski definition) is 2. The normalized spacial score (nSPS) is 12.1. The van der Waals surface area contributed by atoms with Crippen LogP contribution in [0.2, 0.25) is 5.02 Å². The Bertz CT molecular complexity index is 1890. The van der Waals surface area contributed by atoms with Gasteiger partial charge < -0.3 is 23.9 Å². The molecule has 42 heavy (non-hydrogen) atoms. The Morgan fingerprint density at radius 3 is 2.67 bits per heavy atom. The minimum atomic E-state index is -0.581. The van der Waals surface area contributed by atoms with Gasteiger partial charge in [0.25, 0.3) is 5.91 Å². The summed E-state index contributed by atoms with van der Waals surface area (Å²) in [6.07, 6.45) is 1.46. The fourth-order valence-electron chi connectivity index (χ4n) is 4.53. The lowest BCUT2D eigenvalue weighted by atomic mass is 10.0. The molecule has 4 aromatic carbocycles. The van der Waals surface area contributed by atoms with E-state index in [1.165, 1.54) is 13.3 Å². The number of esters is 1. The number of methoxy groups -OCH3 is 1. The summed E-state index contributed by atoms with van der Waals surface area (Å²) in [5, 5.41) is 5.55. The Balaban J connectivity index is 1.20. The number of hydrazone groups is 1. The van der Waals surface area contributed by atoms with E-state index in [-0.39, 0.29) is 12.5 Å². The lowest BCUT2D eigenvalue weighted by molar-refractivity contribution is 0.0729. The number of benzene rings is 4. The van der Waals surface area contributed by atoms with E-state index in [2.05, 4.69) is 38.1 Å². The first-order valence-electron chi connectivity index (χ1n) is 12.6. The highest BCUT2D eigenvalue weighted by atomic mass is 127. The molecule has 2 N–H and O–H groups in total. The van der Waals surface area contributed by atoms with Gasteiger partial charge in [-0.25, -0.2) is 10.2 Å². The Morgan fingerprint density at radius 1 is 1.00 bits per heavy atom. The molecule has 11 heteroatoms. The first-order valence-corrected chi connectivity index (χ1v) is 14.1. The van der Waals surface area contributed by atoms with Gasteiger partial charge in [-0.3, -0.25) is 4.79 Å². The van der Waals surface area contributed by atoms with Crippen molar-refractivity contribution in [2.24, 2.45) is 5.10 Å². The zero-order valence-corrected chi connectivity index (χ0v) is 24.9. The van der Waals surface area contributed by atoms with Crippen molar-refractivity contribution in [1.29, 1.82) is 0 Å². The molecule has 2 heterocycles. The van der Waals surface area contributed by atoms with Gasteiger partial charge in [0.1, 0.15) is 5.69 Å². The molecule has 0 unspecified atom stereocenters. The highest BCUT2D eigenvalue weighted by Crippen LogP contribution is 2.37. The van der Waals surface area contributed by atoms with Gasteiger partial charge in [0.05, 0.1) is 18.9 Å². The van der Waals surface area contributed by atoms with Gasteiger partial charge in [0.2, 0.25) is 6.79 Å². The number of H-pyrrole nitrogens is 1. The van der Waals surface area contributed by atoms with Crippen molar-refractivity contribution in [1.82, 2.24) is 10.4 Å². The largest absolute Gasteiger partial charge is 0.493 e. The summed E-state index contributed by atoms with van der Waals surface area (Å²) in [5.41, 5.74) is 6.05. The summed E-state index contributed by atoms with van der Waals surface area (Å²) in [5.74, 6) is 0.561. The number of carbonyl (C=O) groups excluding carboxylic acids is 2. The molecule has 1 aliphatic rings. The molecule has 1 amide bonds. The topological polar surface area (TPSA) is 111 Å². The molecule has 6 rings (SSSR count). The quantitative estimate of drug-likeness (QED) is 0.0637. The third-order valence-electron chi connectivity index (χ3n) is 6.51. The van der Waals surface area contributed by atoms with Gasteiger partial charge in [-0.15, -0.1) is 0 Å². The van der Waals surface area contributed by atoms with Gasteiger partial charge in [-0.2, -0.15) is 5.10 Å². The molecular weight excluding hydrogens is 673 g/mol. The van der Waals surface area contributed by atoms with Crippen LogP contribution in [0.4, 0.5) is 0 Å². The number of ether oxygens (including phenoxy) is 4. The summed E-state index contributed by atoms with van der Waals surface area (Å²) in [4.78, 5) is 29.2.